The average Bonchev–Trinajstić information content (AvgIpc) is 2.39. The van der Waals surface area contributed by atoms with Crippen LogP contribution in [0.1, 0.15) is 20.7 Å². The van der Waals surface area contributed by atoms with Crippen LogP contribution in [-0.2, 0) is 0 Å². The SMILES string of the molecule is Nc1ccc(C(=O)O)c(NC(=O)c2ccc(I)cc2)c1. The third-order valence-corrected chi connectivity index (χ3v) is 3.35. The number of amides is 1. The average molecular weight is 382 g/mol. The van der Waals surface area contributed by atoms with E-state index in [0.717, 1.165) is 3.57 Å². The highest BCUT2D eigenvalue weighted by Gasteiger charge is 2.13. The zero-order valence-electron chi connectivity index (χ0n) is 10.3. The molecule has 0 saturated heterocycles. The zero-order valence-corrected chi connectivity index (χ0v) is 12.4. The van der Waals surface area contributed by atoms with Crippen molar-refractivity contribution in [3.8, 4) is 0 Å². The van der Waals surface area contributed by atoms with E-state index in [1.165, 1.54) is 18.2 Å². The lowest BCUT2D eigenvalue weighted by molar-refractivity contribution is 0.0698. The van der Waals surface area contributed by atoms with Crippen LogP contribution in [0.4, 0.5) is 11.4 Å². The van der Waals surface area contributed by atoms with Crippen LogP contribution in [-0.4, -0.2) is 17.0 Å². The van der Waals surface area contributed by atoms with Gasteiger partial charge in [-0.1, -0.05) is 0 Å². The van der Waals surface area contributed by atoms with Crippen LogP contribution in [0, 0.1) is 3.57 Å². The minimum absolute atomic E-state index is 0.00179. The first-order valence-corrected chi connectivity index (χ1v) is 6.75. The first-order valence-electron chi connectivity index (χ1n) is 5.67. The van der Waals surface area contributed by atoms with E-state index in [1.807, 2.05) is 0 Å². The minimum Gasteiger partial charge on any atom is -0.478 e. The number of nitrogen functional groups attached to an aromatic ring is 1. The number of benzene rings is 2. The van der Waals surface area contributed by atoms with Crippen LogP contribution < -0.4 is 11.1 Å². The van der Waals surface area contributed by atoms with E-state index in [-0.39, 0.29) is 17.2 Å². The fourth-order valence-corrected chi connectivity index (χ4v) is 2.01. The van der Waals surface area contributed by atoms with Gasteiger partial charge in [-0.3, -0.25) is 4.79 Å². The van der Waals surface area contributed by atoms with E-state index in [4.69, 9.17) is 10.8 Å². The molecule has 102 valence electrons. The van der Waals surface area contributed by atoms with Crippen LogP contribution in [0.25, 0.3) is 0 Å². The number of carbonyl (C=O) groups excluding carboxylic acids is 1. The molecule has 0 atom stereocenters. The van der Waals surface area contributed by atoms with Gasteiger partial charge >= 0.3 is 5.97 Å². The minimum atomic E-state index is -1.12. The molecule has 20 heavy (non-hydrogen) atoms. The van der Waals surface area contributed by atoms with Crippen LogP contribution in [0.15, 0.2) is 42.5 Å². The molecule has 0 heterocycles. The van der Waals surface area contributed by atoms with Crippen molar-refractivity contribution in [3.63, 3.8) is 0 Å². The summed E-state index contributed by atoms with van der Waals surface area (Å²) in [5, 5.41) is 11.6. The van der Waals surface area contributed by atoms with Gasteiger partial charge in [-0.2, -0.15) is 0 Å². The molecule has 2 aromatic carbocycles. The predicted octanol–water partition coefficient (Wildman–Crippen LogP) is 2.82. The molecular weight excluding hydrogens is 371 g/mol. The summed E-state index contributed by atoms with van der Waals surface area (Å²) in [5.74, 6) is -1.50. The molecule has 2 aromatic rings. The summed E-state index contributed by atoms with van der Waals surface area (Å²) in [5.41, 5.74) is 6.63. The van der Waals surface area contributed by atoms with Crippen molar-refractivity contribution in [2.45, 2.75) is 0 Å². The van der Waals surface area contributed by atoms with E-state index in [9.17, 15) is 9.59 Å². The normalized spacial score (nSPS) is 10.1. The van der Waals surface area contributed by atoms with Crippen molar-refractivity contribution in [3.05, 3.63) is 57.2 Å². The molecule has 5 nitrogen and oxygen atoms in total. The first kappa shape index (κ1) is 14.3. The largest absolute Gasteiger partial charge is 0.478 e. The van der Waals surface area contributed by atoms with E-state index in [1.54, 1.807) is 24.3 Å². The van der Waals surface area contributed by atoms with Crippen molar-refractivity contribution in [2.75, 3.05) is 11.1 Å². The maximum atomic E-state index is 12.1. The Morgan fingerprint density at radius 2 is 1.75 bits per heavy atom. The third-order valence-electron chi connectivity index (χ3n) is 2.63. The zero-order chi connectivity index (χ0) is 14.7. The molecule has 1 amide bonds. The maximum absolute atomic E-state index is 12.1. The number of halogens is 1. The highest BCUT2D eigenvalue weighted by molar-refractivity contribution is 14.1. The number of rotatable bonds is 3. The summed E-state index contributed by atoms with van der Waals surface area (Å²) in [7, 11) is 0. The van der Waals surface area contributed by atoms with Crippen LogP contribution in [0.2, 0.25) is 0 Å². The van der Waals surface area contributed by atoms with Crippen LogP contribution in [0.3, 0.4) is 0 Å². The van der Waals surface area contributed by atoms with Crippen molar-refractivity contribution in [1.82, 2.24) is 0 Å². The Balaban J connectivity index is 2.29. The van der Waals surface area contributed by atoms with Gasteiger partial charge in [0.05, 0.1) is 11.3 Å². The van der Waals surface area contributed by atoms with Gasteiger partial charge in [0.25, 0.3) is 5.91 Å². The summed E-state index contributed by atoms with van der Waals surface area (Å²) >= 11 is 2.14. The van der Waals surface area contributed by atoms with Crippen molar-refractivity contribution in [1.29, 1.82) is 0 Å². The molecule has 0 saturated carbocycles. The highest BCUT2D eigenvalue weighted by Crippen LogP contribution is 2.20. The smallest absolute Gasteiger partial charge is 0.337 e. The quantitative estimate of drug-likeness (QED) is 0.562. The van der Waals surface area contributed by atoms with Crippen molar-refractivity contribution >= 4 is 45.8 Å². The summed E-state index contributed by atoms with van der Waals surface area (Å²) in [6, 6.07) is 11.2. The van der Waals surface area contributed by atoms with Gasteiger partial charge in [-0.15, -0.1) is 0 Å². The number of aromatic carboxylic acids is 1. The number of hydrogen-bond donors (Lipinski definition) is 3. The van der Waals surface area contributed by atoms with E-state index in [0.29, 0.717) is 11.3 Å². The first-order chi connectivity index (χ1) is 9.47. The van der Waals surface area contributed by atoms with E-state index < -0.39 is 5.97 Å². The number of nitrogens with one attached hydrogen (secondary N) is 1. The second kappa shape index (κ2) is 5.91. The Kier molecular flexibility index (Phi) is 4.23. The number of carboxylic acid groups (broad SMARTS) is 1. The molecule has 0 unspecified atom stereocenters. The summed E-state index contributed by atoms with van der Waals surface area (Å²) in [6.45, 7) is 0. The van der Waals surface area contributed by atoms with E-state index >= 15 is 0 Å². The van der Waals surface area contributed by atoms with Gasteiger partial charge in [0.2, 0.25) is 0 Å². The Hall–Kier alpha value is -2.09. The Morgan fingerprint density at radius 1 is 1.10 bits per heavy atom. The highest BCUT2D eigenvalue weighted by atomic mass is 127. The lowest BCUT2D eigenvalue weighted by Gasteiger charge is -2.09. The van der Waals surface area contributed by atoms with Crippen LogP contribution in [0.5, 0.6) is 0 Å². The van der Waals surface area contributed by atoms with Gasteiger partial charge in [0, 0.05) is 14.8 Å². The number of carboxylic acids is 1. The molecule has 0 fully saturated rings. The molecule has 0 spiro atoms. The Morgan fingerprint density at radius 3 is 2.35 bits per heavy atom. The fraction of sp³-hybridized carbons (Fsp3) is 0. The molecule has 0 aliphatic carbocycles. The van der Waals surface area contributed by atoms with Gasteiger partial charge in [0.15, 0.2) is 0 Å². The molecule has 0 aliphatic rings. The Bertz CT molecular complexity index is 669. The third kappa shape index (κ3) is 3.27. The van der Waals surface area contributed by atoms with Gasteiger partial charge in [0.1, 0.15) is 0 Å². The summed E-state index contributed by atoms with van der Waals surface area (Å²) in [4.78, 5) is 23.2. The number of anilines is 2. The van der Waals surface area contributed by atoms with Gasteiger partial charge in [-0.05, 0) is 65.1 Å². The predicted molar refractivity (Wildman–Crippen MR) is 84.9 cm³/mol. The van der Waals surface area contributed by atoms with Crippen molar-refractivity contribution in [2.24, 2.45) is 0 Å². The number of carbonyl (C=O) groups is 2. The second-order valence-electron chi connectivity index (χ2n) is 4.07. The van der Waals surface area contributed by atoms with Crippen LogP contribution >= 0.6 is 22.6 Å². The Labute approximate surface area is 128 Å². The lowest BCUT2D eigenvalue weighted by Crippen LogP contribution is -2.15. The molecule has 2 rings (SSSR count). The monoisotopic (exact) mass is 382 g/mol. The number of nitrogens with two attached hydrogens (primary N) is 1. The molecular formula is C14H11IN2O3. The fourth-order valence-electron chi connectivity index (χ4n) is 1.65. The van der Waals surface area contributed by atoms with Gasteiger partial charge in [-0.25, -0.2) is 4.79 Å². The van der Waals surface area contributed by atoms with E-state index in [2.05, 4.69) is 27.9 Å². The molecule has 0 aromatic heterocycles. The molecule has 6 heteroatoms. The second-order valence-corrected chi connectivity index (χ2v) is 5.32. The topological polar surface area (TPSA) is 92.4 Å². The standard InChI is InChI=1S/C14H11IN2O3/c15-9-3-1-8(2-4-9)13(18)17-12-7-10(16)5-6-11(12)14(19)20/h1-7H,16H2,(H,17,18)(H,19,20). The number of hydrogen-bond acceptors (Lipinski definition) is 3. The molecule has 0 radical (unpaired) electrons. The molecule has 4 N–H and O–H groups in total. The summed E-state index contributed by atoms with van der Waals surface area (Å²) in [6.07, 6.45) is 0. The van der Waals surface area contributed by atoms with Gasteiger partial charge < -0.3 is 16.2 Å². The summed E-state index contributed by atoms with van der Waals surface area (Å²) < 4.78 is 1.01. The molecule has 0 bridgehead atoms. The van der Waals surface area contributed by atoms with Crippen molar-refractivity contribution < 1.29 is 14.7 Å². The lowest BCUT2D eigenvalue weighted by atomic mass is 10.1. The maximum Gasteiger partial charge on any atom is 0.337 e. The molecule has 0 aliphatic heterocycles.